The first-order valence-electron chi connectivity index (χ1n) is 5.90. The lowest BCUT2D eigenvalue weighted by Crippen LogP contribution is -2.20. The highest BCUT2D eigenvalue weighted by atomic mass is 32.1. The van der Waals surface area contributed by atoms with Crippen LogP contribution in [0.4, 0.5) is 5.13 Å². The SMILES string of the molecule is CN(CCc1nccs1)c1nnc(C(C)(C)C)s1. The minimum Gasteiger partial charge on any atom is -0.349 e. The quantitative estimate of drug-likeness (QED) is 0.864. The van der Waals surface area contributed by atoms with E-state index in [0.717, 1.165) is 23.1 Å². The fourth-order valence-corrected chi connectivity index (χ4v) is 2.91. The molecule has 0 radical (unpaired) electrons. The van der Waals surface area contributed by atoms with Crippen molar-refractivity contribution in [1.29, 1.82) is 0 Å². The minimum atomic E-state index is 0.0755. The minimum absolute atomic E-state index is 0.0755. The topological polar surface area (TPSA) is 41.9 Å². The van der Waals surface area contributed by atoms with Gasteiger partial charge in [0.25, 0.3) is 0 Å². The molecule has 2 rings (SSSR count). The molecule has 2 aromatic heterocycles. The summed E-state index contributed by atoms with van der Waals surface area (Å²) in [6.07, 6.45) is 2.81. The molecule has 2 aromatic rings. The Balaban J connectivity index is 1.96. The Morgan fingerprint density at radius 1 is 1.28 bits per heavy atom. The molecule has 18 heavy (non-hydrogen) atoms. The van der Waals surface area contributed by atoms with E-state index in [0.29, 0.717) is 0 Å². The molecule has 0 aliphatic heterocycles. The van der Waals surface area contributed by atoms with E-state index < -0.39 is 0 Å². The number of nitrogens with zero attached hydrogens (tertiary/aromatic N) is 4. The van der Waals surface area contributed by atoms with Gasteiger partial charge in [0.1, 0.15) is 5.01 Å². The maximum absolute atomic E-state index is 4.29. The van der Waals surface area contributed by atoms with Gasteiger partial charge < -0.3 is 4.90 Å². The van der Waals surface area contributed by atoms with E-state index in [1.54, 1.807) is 22.7 Å². The van der Waals surface area contributed by atoms with Crippen LogP contribution in [0.5, 0.6) is 0 Å². The normalized spacial score (nSPS) is 11.8. The number of aromatic nitrogens is 3. The molecule has 0 N–H and O–H groups in total. The molecule has 0 saturated carbocycles. The lowest BCUT2D eigenvalue weighted by molar-refractivity contribution is 0.578. The van der Waals surface area contributed by atoms with Gasteiger partial charge in [0.05, 0.1) is 5.01 Å². The van der Waals surface area contributed by atoms with E-state index in [1.807, 2.05) is 11.6 Å². The van der Waals surface area contributed by atoms with E-state index in [-0.39, 0.29) is 5.41 Å². The highest BCUT2D eigenvalue weighted by Gasteiger charge is 2.20. The second-order valence-electron chi connectivity index (χ2n) is 5.24. The number of hydrogen-bond donors (Lipinski definition) is 0. The van der Waals surface area contributed by atoms with Crippen LogP contribution in [0.15, 0.2) is 11.6 Å². The third-order valence-electron chi connectivity index (χ3n) is 2.53. The maximum atomic E-state index is 4.29. The zero-order chi connectivity index (χ0) is 13.2. The van der Waals surface area contributed by atoms with Crippen LogP contribution in [0, 0.1) is 0 Å². The molecule has 0 saturated heterocycles. The third-order valence-corrected chi connectivity index (χ3v) is 4.83. The Morgan fingerprint density at radius 2 is 2.06 bits per heavy atom. The molecule has 4 nitrogen and oxygen atoms in total. The van der Waals surface area contributed by atoms with Gasteiger partial charge in [-0.15, -0.1) is 21.5 Å². The summed E-state index contributed by atoms with van der Waals surface area (Å²) < 4.78 is 0. The Bertz CT molecular complexity index is 484. The molecule has 6 heteroatoms. The van der Waals surface area contributed by atoms with Crippen LogP contribution >= 0.6 is 22.7 Å². The molecule has 0 aliphatic rings. The molecule has 0 bridgehead atoms. The van der Waals surface area contributed by atoms with Gasteiger partial charge >= 0.3 is 0 Å². The second kappa shape index (κ2) is 5.32. The van der Waals surface area contributed by atoms with Gasteiger partial charge in [-0.05, 0) is 0 Å². The van der Waals surface area contributed by atoms with Crippen molar-refractivity contribution in [3.05, 3.63) is 21.6 Å². The fraction of sp³-hybridized carbons (Fsp3) is 0.583. The summed E-state index contributed by atoms with van der Waals surface area (Å²) in [4.78, 5) is 6.43. The van der Waals surface area contributed by atoms with Gasteiger partial charge in [-0.1, -0.05) is 32.1 Å². The largest absolute Gasteiger partial charge is 0.349 e. The van der Waals surface area contributed by atoms with E-state index in [2.05, 4.69) is 47.9 Å². The highest BCUT2D eigenvalue weighted by Crippen LogP contribution is 2.29. The monoisotopic (exact) mass is 282 g/mol. The lowest BCUT2D eigenvalue weighted by Gasteiger charge is -2.15. The van der Waals surface area contributed by atoms with Crippen LogP contribution < -0.4 is 4.90 Å². The summed E-state index contributed by atoms with van der Waals surface area (Å²) >= 11 is 3.37. The average Bonchev–Trinajstić information content (AvgIpc) is 2.96. The van der Waals surface area contributed by atoms with Crippen molar-refractivity contribution in [2.45, 2.75) is 32.6 Å². The van der Waals surface area contributed by atoms with Gasteiger partial charge in [-0.3, -0.25) is 0 Å². The molecule has 0 fully saturated rings. The molecule has 0 spiro atoms. The van der Waals surface area contributed by atoms with Crippen molar-refractivity contribution < 1.29 is 0 Å². The maximum Gasteiger partial charge on any atom is 0.208 e. The summed E-state index contributed by atoms with van der Waals surface area (Å²) in [6, 6.07) is 0. The van der Waals surface area contributed by atoms with Gasteiger partial charge in [-0.25, -0.2) is 4.98 Å². The third kappa shape index (κ3) is 3.26. The molecule has 98 valence electrons. The smallest absolute Gasteiger partial charge is 0.208 e. The van der Waals surface area contributed by atoms with Crippen molar-refractivity contribution in [2.75, 3.05) is 18.5 Å². The summed E-state index contributed by atoms with van der Waals surface area (Å²) in [7, 11) is 2.06. The van der Waals surface area contributed by atoms with E-state index in [1.165, 1.54) is 5.01 Å². The van der Waals surface area contributed by atoms with Crippen LogP contribution in [0.2, 0.25) is 0 Å². The summed E-state index contributed by atoms with van der Waals surface area (Å²) in [6.45, 7) is 7.40. The van der Waals surface area contributed by atoms with Gasteiger partial charge in [-0.2, -0.15) is 0 Å². The zero-order valence-electron chi connectivity index (χ0n) is 11.2. The summed E-state index contributed by atoms with van der Waals surface area (Å²) in [5, 5.41) is 13.8. The molecular formula is C12H18N4S2. The molecule has 2 heterocycles. The average molecular weight is 282 g/mol. The predicted octanol–water partition coefficient (Wildman–Crippen LogP) is 2.97. The molecule has 0 atom stereocenters. The van der Waals surface area contributed by atoms with Crippen LogP contribution in [-0.2, 0) is 11.8 Å². The van der Waals surface area contributed by atoms with Crippen molar-refractivity contribution in [3.8, 4) is 0 Å². The Labute approximate surface area is 116 Å². The van der Waals surface area contributed by atoms with Crippen molar-refractivity contribution in [1.82, 2.24) is 15.2 Å². The summed E-state index contributed by atoms with van der Waals surface area (Å²) in [5.74, 6) is 0. The second-order valence-corrected chi connectivity index (χ2v) is 7.17. The van der Waals surface area contributed by atoms with E-state index in [9.17, 15) is 0 Å². The Morgan fingerprint density at radius 3 is 2.61 bits per heavy atom. The molecular weight excluding hydrogens is 264 g/mol. The van der Waals surface area contributed by atoms with Crippen LogP contribution in [0.25, 0.3) is 0 Å². The van der Waals surface area contributed by atoms with E-state index in [4.69, 9.17) is 0 Å². The predicted molar refractivity (Wildman–Crippen MR) is 77.7 cm³/mol. The lowest BCUT2D eigenvalue weighted by atomic mass is 9.98. The first-order valence-corrected chi connectivity index (χ1v) is 7.60. The van der Waals surface area contributed by atoms with Crippen molar-refractivity contribution in [3.63, 3.8) is 0 Å². The zero-order valence-corrected chi connectivity index (χ0v) is 12.8. The van der Waals surface area contributed by atoms with Gasteiger partial charge in [0, 0.05) is 37.0 Å². The number of thiazole rings is 1. The highest BCUT2D eigenvalue weighted by molar-refractivity contribution is 7.15. The number of rotatable bonds is 4. The fourth-order valence-electron chi connectivity index (χ4n) is 1.41. The van der Waals surface area contributed by atoms with Gasteiger partial charge in [0.15, 0.2) is 0 Å². The number of likely N-dealkylation sites (N-methyl/N-ethyl adjacent to an activating group) is 1. The molecule has 0 amide bonds. The van der Waals surface area contributed by atoms with Crippen LogP contribution in [0.1, 0.15) is 30.8 Å². The van der Waals surface area contributed by atoms with Crippen molar-refractivity contribution >= 4 is 27.8 Å². The molecule has 0 unspecified atom stereocenters. The number of anilines is 1. The first kappa shape index (κ1) is 13.4. The first-order chi connectivity index (χ1) is 8.47. The molecule has 0 aliphatic carbocycles. The van der Waals surface area contributed by atoms with E-state index >= 15 is 0 Å². The molecule has 0 aromatic carbocycles. The van der Waals surface area contributed by atoms with Crippen LogP contribution in [0.3, 0.4) is 0 Å². The van der Waals surface area contributed by atoms with Crippen molar-refractivity contribution in [2.24, 2.45) is 0 Å². The van der Waals surface area contributed by atoms with Gasteiger partial charge in [0.2, 0.25) is 5.13 Å². The number of hydrogen-bond acceptors (Lipinski definition) is 6. The standard InChI is InChI=1S/C12H18N4S2/c1-12(2,3)10-14-15-11(18-10)16(4)7-5-9-13-6-8-17-9/h6,8H,5,7H2,1-4H3. The Kier molecular flexibility index (Phi) is 3.97. The van der Waals surface area contributed by atoms with Crippen LogP contribution in [-0.4, -0.2) is 28.8 Å². The summed E-state index contributed by atoms with van der Waals surface area (Å²) in [5.41, 5.74) is 0.0755. The Hall–Kier alpha value is -1.01.